The minimum absolute atomic E-state index is 0.0526. The van der Waals surface area contributed by atoms with E-state index < -0.39 is 0 Å². The molecule has 1 amide bonds. The Morgan fingerprint density at radius 2 is 2.12 bits per heavy atom. The maximum atomic E-state index is 12.1. The summed E-state index contributed by atoms with van der Waals surface area (Å²) in [5.41, 5.74) is 7.87. The Morgan fingerprint density at radius 1 is 1.44 bits per heavy atom. The molecule has 5 nitrogen and oxygen atoms in total. The van der Waals surface area contributed by atoms with Crippen molar-refractivity contribution in [2.75, 3.05) is 12.8 Å². The number of carbonyl (C=O) groups is 1. The molecule has 0 atom stereocenters. The molecule has 3 rings (SSSR count). The highest BCUT2D eigenvalue weighted by atomic mass is 16.2. The van der Waals surface area contributed by atoms with Crippen LogP contribution in [0, 0.1) is 0 Å². The third kappa shape index (κ3) is 1.47. The minimum Gasteiger partial charge on any atom is -0.395 e. The molecule has 2 aliphatic carbocycles. The Bertz CT molecular complexity index is 431. The van der Waals surface area contributed by atoms with Crippen LogP contribution >= 0.6 is 0 Å². The summed E-state index contributed by atoms with van der Waals surface area (Å²) in [4.78, 5) is 13.8. The number of anilines is 1. The Kier molecular flexibility index (Phi) is 1.96. The van der Waals surface area contributed by atoms with Gasteiger partial charge < -0.3 is 10.6 Å². The number of carbonyl (C=O) groups excluding carboxylic acids is 1. The normalized spacial score (nSPS) is 19.8. The van der Waals surface area contributed by atoms with Gasteiger partial charge in [-0.2, -0.15) is 5.10 Å². The van der Waals surface area contributed by atoms with Gasteiger partial charge in [0.2, 0.25) is 0 Å². The van der Waals surface area contributed by atoms with Crippen LogP contribution in [-0.4, -0.2) is 34.1 Å². The minimum atomic E-state index is -0.0526. The van der Waals surface area contributed by atoms with Gasteiger partial charge in [0.15, 0.2) is 5.69 Å². The van der Waals surface area contributed by atoms with Gasteiger partial charge in [0.25, 0.3) is 5.91 Å². The number of aromatic nitrogens is 2. The average molecular weight is 220 g/mol. The number of nitrogens with one attached hydrogen (secondary N) is 1. The van der Waals surface area contributed by atoms with E-state index in [4.69, 9.17) is 5.73 Å². The number of hydrogen-bond acceptors (Lipinski definition) is 3. The van der Waals surface area contributed by atoms with Crippen LogP contribution in [0.2, 0.25) is 0 Å². The number of aromatic amines is 1. The molecule has 1 aromatic heterocycles. The quantitative estimate of drug-likeness (QED) is 0.801. The molecule has 2 saturated carbocycles. The highest BCUT2D eigenvalue weighted by Crippen LogP contribution is 2.42. The van der Waals surface area contributed by atoms with Crippen LogP contribution < -0.4 is 5.73 Å². The third-order valence-corrected chi connectivity index (χ3v) is 3.44. The van der Waals surface area contributed by atoms with E-state index in [1.165, 1.54) is 0 Å². The fourth-order valence-electron chi connectivity index (χ4n) is 2.01. The van der Waals surface area contributed by atoms with Gasteiger partial charge in [-0.05, 0) is 25.7 Å². The average Bonchev–Trinajstić information content (AvgIpc) is 3.14. The van der Waals surface area contributed by atoms with Crippen molar-refractivity contribution in [3.8, 4) is 0 Å². The van der Waals surface area contributed by atoms with Crippen molar-refractivity contribution in [1.82, 2.24) is 15.1 Å². The fraction of sp³-hybridized carbons (Fsp3) is 0.636. The second-order valence-corrected chi connectivity index (χ2v) is 4.82. The third-order valence-electron chi connectivity index (χ3n) is 3.44. The molecule has 2 aliphatic rings. The molecule has 3 N–H and O–H groups in total. The number of H-pyrrole nitrogens is 1. The number of rotatable bonds is 3. The molecular formula is C11H16N4O. The standard InChI is InChI=1S/C11H16N4O/c1-15(7-4-5-7)11(16)10-8(12)9(13-14-10)6-2-3-6/h6-7H,2-5,12H2,1H3,(H,13,14). The van der Waals surface area contributed by atoms with Gasteiger partial charge in [-0.3, -0.25) is 9.89 Å². The molecule has 2 fully saturated rings. The maximum absolute atomic E-state index is 12.1. The van der Waals surface area contributed by atoms with Crippen molar-refractivity contribution in [1.29, 1.82) is 0 Å². The maximum Gasteiger partial charge on any atom is 0.276 e. The van der Waals surface area contributed by atoms with Gasteiger partial charge in [0.05, 0.1) is 11.4 Å². The first-order valence-corrected chi connectivity index (χ1v) is 5.79. The molecule has 0 aliphatic heterocycles. The van der Waals surface area contributed by atoms with E-state index in [0.717, 1.165) is 31.4 Å². The second kappa shape index (κ2) is 3.23. The number of nitrogen functional groups attached to an aromatic ring is 1. The van der Waals surface area contributed by atoms with Crippen molar-refractivity contribution < 1.29 is 4.79 Å². The van der Waals surface area contributed by atoms with Gasteiger partial charge in [0.1, 0.15) is 0 Å². The van der Waals surface area contributed by atoms with E-state index in [-0.39, 0.29) is 5.91 Å². The fourth-order valence-corrected chi connectivity index (χ4v) is 2.01. The Balaban J connectivity index is 1.84. The topological polar surface area (TPSA) is 75.0 Å². The molecule has 0 unspecified atom stereocenters. The van der Waals surface area contributed by atoms with Crippen LogP contribution in [0.3, 0.4) is 0 Å². The van der Waals surface area contributed by atoms with Gasteiger partial charge in [-0.15, -0.1) is 0 Å². The summed E-state index contributed by atoms with van der Waals surface area (Å²) in [5.74, 6) is 0.448. The summed E-state index contributed by atoms with van der Waals surface area (Å²) in [6.45, 7) is 0. The molecule has 5 heteroatoms. The second-order valence-electron chi connectivity index (χ2n) is 4.82. The monoisotopic (exact) mass is 220 g/mol. The van der Waals surface area contributed by atoms with Gasteiger partial charge >= 0.3 is 0 Å². The summed E-state index contributed by atoms with van der Waals surface area (Å²) in [7, 11) is 1.82. The predicted molar refractivity (Wildman–Crippen MR) is 60.1 cm³/mol. The van der Waals surface area contributed by atoms with Gasteiger partial charge in [-0.25, -0.2) is 0 Å². The summed E-state index contributed by atoms with van der Waals surface area (Å²) in [6, 6.07) is 0.396. The zero-order valence-electron chi connectivity index (χ0n) is 9.36. The molecular weight excluding hydrogens is 204 g/mol. The number of nitrogens with two attached hydrogens (primary N) is 1. The smallest absolute Gasteiger partial charge is 0.276 e. The van der Waals surface area contributed by atoms with Crippen LogP contribution in [0.15, 0.2) is 0 Å². The lowest BCUT2D eigenvalue weighted by molar-refractivity contribution is 0.0780. The summed E-state index contributed by atoms with van der Waals surface area (Å²) in [6.07, 6.45) is 4.50. The molecule has 0 radical (unpaired) electrons. The van der Waals surface area contributed by atoms with Crippen molar-refractivity contribution in [2.45, 2.75) is 37.6 Å². The van der Waals surface area contributed by atoms with Crippen LogP contribution in [-0.2, 0) is 0 Å². The largest absolute Gasteiger partial charge is 0.395 e. The molecule has 1 heterocycles. The summed E-state index contributed by atoms with van der Waals surface area (Å²) >= 11 is 0. The molecule has 0 aromatic carbocycles. The number of nitrogens with zero attached hydrogens (tertiary/aromatic N) is 2. The molecule has 0 saturated heterocycles. The van der Waals surface area contributed by atoms with E-state index in [1.54, 1.807) is 4.90 Å². The first-order valence-electron chi connectivity index (χ1n) is 5.79. The number of amides is 1. The van der Waals surface area contributed by atoms with E-state index in [1.807, 2.05) is 7.05 Å². The van der Waals surface area contributed by atoms with E-state index >= 15 is 0 Å². The summed E-state index contributed by atoms with van der Waals surface area (Å²) < 4.78 is 0. The molecule has 0 spiro atoms. The zero-order valence-corrected chi connectivity index (χ0v) is 9.36. The highest BCUT2D eigenvalue weighted by Gasteiger charge is 2.34. The van der Waals surface area contributed by atoms with Crippen LogP contribution in [0.1, 0.15) is 47.8 Å². The van der Waals surface area contributed by atoms with E-state index in [0.29, 0.717) is 23.3 Å². The Morgan fingerprint density at radius 3 is 2.69 bits per heavy atom. The predicted octanol–water partition coefficient (Wildman–Crippen LogP) is 1.10. The molecule has 0 bridgehead atoms. The van der Waals surface area contributed by atoms with Crippen molar-refractivity contribution in [3.05, 3.63) is 11.4 Å². The molecule has 1 aromatic rings. The van der Waals surface area contributed by atoms with Crippen LogP contribution in [0.5, 0.6) is 0 Å². The van der Waals surface area contributed by atoms with Gasteiger partial charge in [-0.1, -0.05) is 0 Å². The SMILES string of the molecule is CN(C(=O)c1n[nH]c(C2CC2)c1N)C1CC1. The van der Waals surface area contributed by atoms with Crippen LogP contribution in [0.25, 0.3) is 0 Å². The first kappa shape index (κ1) is 9.69. The summed E-state index contributed by atoms with van der Waals surface area (Å²) in [5, 5.41) is 6.98. The van der Waals surface area contributed by atoms with Gasteiger partial charge in [0, 0.05) is 19.0 Å². The van der Waals surface area contributed by atoms with E-state index in [2.05, 4.69) is 10.2 Å². The van der Waals surface area contributed by atoms with Crippen molar-refractivity contribution in [3.63, 3.8) is 0 Å². The van der Waals surface area contributed by atoms with Crippen LogP contribution in [0.4, 0.5) is 5.69 Å². The number of hydrogen-bond donors (Lipinski definition) is 2. The van der Waals surface area contributed by atoms with E-state index in [9.17, 15) is 4.79 Å². The zero-order chi connectivity index (χ0) is 11.3. The lowest BCUT2D eigenvalue weighted by Crippen LogP contribution is -2.29. The first-order chi connectivity index (χ1) is 7.68. The highest BCUT2D eigenvalue weighted by molar-refractivity contribution is 5.98. The lowest BCUT2D eigenvalue weighted by Gasteiger charge is -2.14. The molecule has 86 valence electrons. The van der Waals surface area contributed by atoms with Crippen molar-refractivity contribution in [2.24, 2.45) is 0 Å². The lowest BCUT2D eigenvalue weighted by atomic mass is 10.2. The van der Waals surface area contributed by atoms with Crippen molar-refractivity contribution >= 4 is 11.6 Å². The molecule has 16 heavy (non-hydrogen) atoms. The Hall–Kier alpha value is -1.52. The Labute approximate surface area is 94.0 Å².